The standard InChI is InChI=1S/C54H88N2O8/c1-35(2)19-13-21-37(5)23-15-25-39(7)27-17-31-53(11)33-29-43-45(49(57)47(55(59)60)41(9)51(43)63-53)46-44-30-34-54(12,64-52(44)42(10)48(50(46)58)56(61)62)32-18-28-40(8)26-16-24-38(6)22-14-20-36(3)4/h35-40,57-58H,13-34H2,1-12H3/t37-,38-,39-,40-,53-,54-/m1/s1. The number of ether oxygens (including phenoxy) is 2. The SMILES string of the molecule is Cc1c2c(c(-c3c(O)c([N+](=O)[O-])c(C)c4c3CC[C@@](C)(CCC[C@H](C)CCC[C@H](C)CCCC(C)C)O4)c(O)c1[N+](=O)[O-])CC[C@@](C)(CCC[C@H](C)CCC[C@H](C)CCCC(C)C)O2. The first-order chi connectivity index (χ1) is 30.1. The number of fused-ring (bicyclic) bond motifs is 2. The maximum atomic E-state index is 12.7. The van der Waals surface area contributed by atoms with Gasteiger partial charge >= 0.3 is 11.4 Å². The summed E-state index contributed by atoms with van der Waals surface area (Å²) in [6, 6.07) is 0. The van der Waals surface area contributed by atoms with Crippen molar-refractivity contribution in [3.63, 3.8) is 0 Å². The van der Waals surface area contributed by atoms with E-state index in [2.05, 4.69) is 69.2 Å². The van der Waals surface area contributed by atoms with Crippen molar-refractivity contribution < 1.29 is 29.5 Å². The van der Waals surface area contributed by atoms with Gasteiger partial charge in [-0.2, -0.15) is 0 Å². The third-order valence-corrected chi connectivity index (χ3v) is 15.1. The highest BCUT2D eigenvalue weighted by atomic mass is 16.6. The van der Waals surface area contributed by atoms with Gasteiger partial charge in [0.1, 0.15) is 22.7 Å². The van der Waals surface area contributed by atoms with E-state index in [-0.39, 0.29) is 22.3 Å². The largest absolute Gasteiger partial charge is 0.502 e. The summed E-state index contributed by atoms with van der Waals surface area (Å²) in [6.45, 7) is 25.9. The Bertz CT molecular complexity index is 1740. The fraction of sp³-hybridized carbons (Fsp3) is 0.778. The second-order valence-electron chi connectivity index (χ2n) is 22.3. The van der Waals surface area contributed by atoms with Gasteiger partial charge in [0.25, 0.3) is 0 Å². The Balaban J connectivity index is 1.52. The van der Waals surface area contributed by atoms with Crippen LogP contribution in [0.15, 0.2) is 0 Å². The van der Waals surface area contributed by atoms with Gasteiger partial charge in [-0.15, -0.1) is 0 Å². The van der Waals surface area contributed by atoms with Crippen molar-refractivity contribution in [2.75, 3.05) is 0 Å². The van der Waals surface area contributed by atoms with Crippen LogP contribution in [0.4, 0.5) is 11.4 Å². The molecule has 2 heterocycles. The molecule has 0 radical (unpaired) electrons. The zero-order valence-electron chi connectivity index (χ0n) is 42.3. The lowest BCUT2D eigenvalue weighted by Crippen LogP contribution is -2.37. The Morgan fingerprint density at radius 3 is 1.08 bits per heavy atom. The Labute approximate surface area is 387 Å². The van der Waals surface area contributed by atoms with Crippen LogP contribution in [0, 0.1) is 69.6 Å². The van der Waals surface area contributed by atoms with Gasteiger partial charge in [0.2, 0.25) is 11.5 Å². The second-order valence-corrected chi connectivity index (χ2v) is 22.3. The van der Waals surface area contributed by atoms with E-state index >= 15 is 0 Å². The first-order valence-corrected chi connectivity index (χ1v) is 25.5. The van der Waals surface area contributed by atoms with Crippen molar-refractivity contribution >= 4 is 11.4 Å². The van der Waals surface area contributed by atoms with E-state index in [0.29, 0.717) is 60.1 Å². The molecule has 0 unspecified atom stereocenters. The van der Waals surface area contributed by atoms with Gasteiger partial charge in [0.05, 0.1) is 21.0 Å². The smallest absolute Gasteiger partial charge is 0.317 e. The van der Waals surface area contributed by atoms with Gasteiger partial charge in [0, 0.05) is 22.3 Å². The summed E-state index contributed by atoms with van der Waals surface area (Å²) in [7, 11) is 0. The molecule has 0 fully saturated rings. The van der Waals surface area contributed by atoms with Crippen LogP contribution in [-0.4, -0.2) is 31.3 Å². The summed E-state index contributed by atoms with van der Waals surface area (Å²) in [5.74, 6) is 3.62. The Kier molecular flexibility index (Phi) is 19.7. The minimum absolute atomic E-state index is 0.0357. The maximum absolute atomic E-state index is 12.7. The number of nitro groups is 2. The lowest BCUT2D eigenvalue weighted by Gasteiger charge is -2.39. The summed E-state index contributed by atoms with van der Waals surface area (Å²) in [5, 5.41) is 49.2. The van der Waals surface area contributed by atoms with Crippen LogP contribution >= 0.6 is 0 Å². The van der Waals surface area contributed by atoms with Crippen molar-refractivity contribution in [1.82, 2.24) is 0 Å². The Morgan fingerprint density at radius 2 is 0.797 bits per heavy atom. The highest BCUT2D eigenvalue weighted by molar-refractivity contribution is 5.92. The molecule has 2 aliphatic heterocycles. The monoisotopic (exact) mass is 893 g/mol. The summed E-state index contributed by atoms with van der Waals surface area (Å²) >= 11 is 0. The van der Waals surface area contributed by atoms with Crippen LogP contribution in [0.3, 0.4) is 0 Å². The van der Waals surface area contributed by atoms with Crippen LogP contribution in [0.1, 0.15) is 220 Å². The van der Waals surface area contributed by atoms with Crippen LogP contribution in [0.2, 0.25) is 0 Å². The van der Waals surface area contributed by atoms with Crippen molar-refractivity contribution in [2.45, 2.75) is 236 Å². The van der Waals surface area contributed by atoms with Crippen molar-refractivity contribution in [2.24, 2.45) is 35.5 Å². The van der Waals surface area contributed by atoms with Gasteiger partial charge in [-0.25, -0.2) is 0 Å². The molecule has 4 rings (SSSR count). The van der Waals surface area contributed by atoms with Gasteiger partial charge in [-0.3, -0.25) is 20.2 Å². The molecule has 0 amide bonds. The van der Waals surface area contributed by atoms with Crippen LogP contribution in [-0.2, 0) is 12.8 Å². The fourth-order valence-corrected chi connectivity index (χ4v) is 10.8. The van der Waals surface area contributed by atoms with Crippen LogP contribution < -0.4 is 9.47 Å². The summed E-state index contributed by atoms with van der Waals surface area (Å²) in [6.07, 6.45) is 22.8. The van der Waals surface area contributed by atoms with E-state index in [9.17, 15) is 30.4 Å². The molecule has 2 aromatic rings. The van der Waals surface area contributed by atoms with Crippen molar-refractivity contribution in [3.8, 4) is 34.1 Å². The van der Waals surface area contributed by atoms with Crippen LogP contribution in [0.5, 0.6) is 23.0 Å². The molecule has 2 N–H and O–H groups in total. The van der Waals surface area contributed by atoms with Crippen molar-refractivity contribution in [3.05, 3.63) is 42.5 Å². The van der Waals surface area contributed by atoms with E-state index < -0.39 is 43.9 Å². The van der Waals surface area contributed by atoms with E-state index in [1.54, 1.807) is 13.8 Å². The quantitative estimate of drug-likeness (QED) is 0.0666. The number of rotatable bonds is 27. The normalized spacial score (nSPS) is 20.3. The molecule has 6 atom stereocenters. The Morgan fingerprint density at radius 1 is 0.516 bits per heavy atom. The second kappa shape index (κ2) is 23.8. The van der Waals surface area contributed by atoms with E-state index in [1.807, 2.05) is 0 Å². The number of nitrogens with zero attached hydrogens (tertiary/aromatic N) is 2. The molecular weight excluding hydrogens is 805 g/mol. The average Bonchev–Trinajstić information content (AvgIpc) is 3.19. The molecular formula is C54H88N2O8. The highest BCUT2D eigenvalue weighted by Crippen LogP contribution is 2.58. The number of aromatic hydroxyl groups is 2. The molecule has 10 nitrogen and oxygen atoms in total. The zero-order valence-corrected chi connectivity index (χ0v) is 42.3. The number of nitro benzene ring substituents is 2. The number of hydrogen-bond donors (Lipinski definition) is 2. The minimum atomic E-state index is -0.619. The van der Waals surface area contributed by atoms with Gasteiger partial charge < -0.3 is 19.7 Å². The predicted molar refractivity (Wildman–Crippen MR) is 262 cm³/mol. The summed E-state index contributed by atoms with van der Waals surface area (Å²) < 4.78 is 13.6. The number of phenolic OH excluding ortho intramolecular Hbond substituents is 2. The first kappa shape index (κ1) is 53.1. The molecule has 0 aliphatic carbocycles. The van der Waals surface area contributed by atoms with Gasteiger partial charge in [0.15, 0.2) is 0 Å². The maximum Gasteiger partial charge on any atom is 0.317 e. The molecule has 2 aliphatic rings. The molecule has 0 bridgehead atoms. The molecule has 64 heavy (non-hydrogen) atoms. The van der Waals surface area contributed by atoms with Crippen molar-refractivity contribution in [1.29, 1.82) is 0 Å². The topological polar surface area (TPSA) is 145 Å². The molecule has 2 aromatic carbocycles. The first-order valence-electron chi connectivity index (χ1n) is 25.5. The number of benzene rings is 2. The van der Waals surface area contributed by atoms with E-state index in [4.69, 9.17) is 9.47 Å². The third-order valence-electron chi connectivity index (χ3n) is 15.1. The van der Waals surface area contributed by atoms with E-state index in [1.165, 1.54) is 77.0 Å². The predicted octanol–water partition coefficient (Wildman–Crippen LogP) is 16.2. The molecule has 362 valence electrons. The lowest BCUT2D eigenvalue weighted by atomic mass is 9.79. The molecule has 0 aromatic heterocycles. The average molecular weight is 893 g/mol. The molecule has 0 spiro atoms. The number of phenols is 2. The minimum Gasteiger partial charge on any atom is -0.502 e. The Hall–Kier alpha value is -3.56. The molecule has 10 heteroatoms. The molecule has 0 saturated carbocycles. The van der Waals surface area contributed by atoms with E-state index in [0.717, 1.165) is 62.2 Å². The van der Waals surface area contributed by atoms with Gasteiger partial charge in [-0.05, 0) is 115 Å². The summed E-state index contributed by atoms with van der Waals surface area (Å²) in [5.41, 5.74) is -0.677. The fourth-order valence-electron chi connectivity index (χ4n) is 10.8. The lowest BCUT2D eigenvalue weighted by molar-refractivity contribution is -0.386. The highest BCUT2D eigenvalue weighted by Gasteiger charge is 2.44. The molecule has 0 saturated heterocycles. The van der Waals surface area contributed by atoms with Gasteiger partial charge in [-0.1, -0.05) is 145 Å². The summed E-state index contributed by atoms with van der Waals surface area (Å²) in [4.78, 5) is 24.2. The van der Waals surface area contributed by atoms with Crippen LogP contribution in [0.25, 0.3) is 11.1 Å². The zero-order chi connectivity index (χ0) is 47.5. The third kappa shape index (κ3) is 14.2. The number of hydrogen-bond acceptors (Lipinski definition) is 8.